The third kappa shape index (κ3) is 3.91. The smallest absolute Gasteiger partial charge is 0.308 e. The molecule has 0 aromatic heterocycles. The molecule has 0 saturated carbocycles. The Balaban J connectivity index is 1.83. The zero-order valence-electron chi connectivity index (χ0n) is 16.0. The van der Waals surface area contributed by atoms with Gasteiger partial charge in [0.2, 0.25) is 0 Å². The summed E-state index contributed by atoms with van der Waals surface area (Å²) in [5.41, 5.74) is 1.76. The van der Waals surface area contributed by atoms with Crippen molar-refractivity contribution >= 4 is 17.8 Å². The molecule has 1 aliphatic rings. The van der Waals surface area contributed by atoms with Crippen molar-refractivity contribution in [3.8, 4) is 0 Å². The number of nitrogens with zero attached hydrogens (tertiary/aromatic N) is 2. The van der Waals surface area contributed by atoms with Gasteiger partial charge in [-0.3, -0.25) is 14.4 Å². The Morgan fingerprint density at radius 1 is 1.04 bits per heavy atom. The SMILES string of the molecule is CCN(C)C(=O)c1cccc(C(=O)N2C[C@H](C(=O)O)[C@H](c3ccccc3)C2)c1. The van der Waals surface area contributed by atoms with Crippen LogP contribution in [0, 0.1) is 5.92 Å². The maximum atomic E-state index is 13.0. The van der Waals surface area contributed by atoms with Crippen LogP contribution in [0.5, 0.6) is 0 Å². The Morgan fingerprint density at radius 2 is 1.71 bits per heavy atom. The lowest BCUT2D eigenvalue weighted by Gasteiger charge is -2.18. The van der Waals surface area contributed by atoms with E-state index < -0.39 is 11.9 Å². The van der Waals surface area contributed by atoms with Crippen LogP contribution in [0.1, 0.15) is 39.1 Å². The Morgan fingerprint density at radius 3 is 2.36 bits per heavy atom. The van der Waals surface area contributed by atoms with Gasteiger partial charge in [0, 0.05) is 43.7 Å². The summed E-state index contributed by atoms with van der Waals surface area (Å²) in [5.74, 6) is -2.21. The molecule has 28 heavy (non-hydrogen) atoms. The molecule has 6 nitrogen and oxygen atoms in total. The van der Waals surface area contributed by atoms with Crippen LogP contribution < -0.4 is 0 Å². The summed E-state index contributed by atoms with van der Waals surface area (Å²) in [7, 11) is 1.71. The molecule has 1 N–H and O–H groups in total. The summed E-state index contributed by atoms with van der Waals surface area (Å²) >= 11 is 0. The first-order valence-electron chi connectivity index (χ1n) is 9.35. The van der Waals surface area contributed by atoms with Gasteiger partial charge < -0.3 is 14.9 Å². The third-order valence-corrected chi connectivity index (χ3v) is 5.33. The Kier molecular flexibility index (Phi) is 5.78. The van der Waals surface area contributed by atoms with Gasteiger partial charge >= 0.3 is 5.97 Å². The highest BCUT2D eigenvalue weighted by atomic mass is 16.4. The average Bonchev–Trinajstić information content (AvgIpc) is 3.18. The van der Waals surface area contributed by atoms with Crippen molar-refractivity contribution in [2.75, 3.05) is 26.7 Å². The van der Waals surface area contributed by atoms with Crippen molar-refractivity contribution in [1.29, 1.82) is 0 Å². The molecule has 1 heterocycles. The number of hydrogen-bond acceptors (Lipinski definition) is 3. The van der Waals surface area contributed by atoms with E-state index in [1.165, 1.54) is 0 Å². The number of carboxylic acids is 1. The van der Waals surface area contributed by atoms with Crippen LogP contribution in [0.3, 0.4) is 0 Å². The lowest BCUT2D eigenvalue weighted by molar-refractivity contribution is -0.141. The number of rotatable bonds is 5. The standard InChI is InChI=1S/C22H24N2O4/c1-3-23(2)20(25)16-10-7-11-17(12-16)21(26)24-13-18(19(14-24)22(27)28)15-8-5-4-6-9-15/h4-12,18-19H,3,13-14H2,1-2H3,(H,27,28)/t18-,19-/m0/s1. The Hall–Kier alpha value is -3.15. The summed E-state index contributed by atoms with van der Waals surface area (Å²) in [6.07, 6.45) is 0. The van der Waals surface area contributed by atoms with E-state index in [2.05, 4.69) is 0 Å². The number of benzene rings is 2. The summed E-state index contributed by atoms with van der Waals surface area (Å²) in [5, 5.41) is 9.63. The monoisotopic (exact) mass is 380 g/mol. The highest BCUT2D eigenvalue weighted by molar-refractivity contribution is 6.00. The number of likely N-dealkylation sites (tertiary alicyclic amines) is 1. The maximum Gasteiger partial charge on any atom is 0.308 e. The van der Waals surface area contributed by atoms with Crippen molar-refractivity contribution < 1.29 is 19.5 Å². The van der Waals surface area contributed by atoms with Gasteiger partial charge in [0.15, 0.2) is 0 Å². The third-order valence-electron chi connectivity index (χ3n) is 5.33. The quantitative estimate of drug-likeness (QED) is 0.865. The summed E-state index contributed by atoms with van der Waals surface area (Å²) in [6.45, 7) is 2.95. The van der Waals surface area contributed by atoms with Gasteiger partial charge in [-0.15, -0.1) is 0 Å². The second-order valence-corrected chi connectivity index (χ2v) is 7.07. The normalized spacial score (nSPS) is 18.7. The first-order valence-corrected chi connectivity index (χ1v) is 9.35. The largest absolute Gasteiger partial charge is 0.481 e. The lowest BCUT2D eigenvalue weighted by atomic mass is 9.89. The van der Waals surface area contributed by atoms with E-state index in [0.29, 0.717) is 24.2 Å². The van der Waals surface area contributed by atoms with E-state index in [1.807, 2.05) is 37.3 Å². The second kappa shape index (κ2) is 8.25. The van der Waals surface area contributed by atoms with Crippen LogP contribution in [0.15, 0.2) is 54.6 Å². The van der Waals surface area contributed by atoms with Gasteiger partial charge in [0.1, 0.15) is 0 Å². The van der Waals surface area contributed by atoms with E-state index in [0.717, 1.165) is 5.56 Å². The van der Waals surface area contributed by atoms with E-state index >= 15 is 0 Å². The molecule has 1 aliphatic heterocycles. The predicted molar refractivity (Wildman–Crippen MR) is 105 cm³/mol. The summed E-state index contributed by atoms with van der Waals surface area (Å²) < 4.78 is 0. The van der Waals surface area contributed by atoms with Gasteiger partial charge in [0.05, 0.1) is 5.92 Å². The van der Waals surface area contributed by atoms with Gasteiger partial charge in [-0.2, -0.15) is 0 Å². The van der Waals surface area contributed by atoms with Crippen molar-refractivity contribution in [2.24, 2.45) is 5.92 Å². The van der Waals surface area contributed by atoms with Crippen LogP contribution in [-0.4, -0.2) is 59.4 Å². The molecule has 146 valence electrons. The molecule has 1 fully saturated rings. The van der Waals surface area contributed by atoms with E-state index in [-0.39, 0.29) is 24.3 Å². The summed E-state index contributed by atoms with van der Waals surface area (Å²) in [4.78, 5) is 40.3. The fraction of sp³-hybridized carbons (Fsp3) is 0.318. The molecule has 3 rings (SSSR count). The average molecular weight is 380 g/mol. The first kappa shape index (κ1) is 19.6. The van der Waals surface area contributed by atoms with Crippen molar-refractivity contribution in [3.05, 3.63) is 71.3 Å². The molecule has 2 aromatic carbocycles. The van der Waals surface area contributed by atoms with Gasteiger partial charge in [0.25, 0.3) is 11.8 Å². The molecule has 2 atom stereocenters. The minimum absolute atomic E-state index is 0.149. The molecule has 0 unspecified atom stereocenters. The second-order valence-electron chi connectivity index (χ2n) is 7.07. The molecule has 2 aromatic rings. The molecular formula is C22H24N2O4. The molecule has 0 radical (unpaired) electrons. The minimum atomic E-state index is -0.905. The van der Waals surface area contributed by atoms with E-state index in [1.54, 1.807) is 41.1 Å². The van der Waals surface area contributed by atoms with Crippen LogP contribution >= 0.6 is 0 Å². The maximum absolute atomic E-state index is 13.0. The number of amides is 2. The van der Waals surface area contributed by atoms with E-state index in [9.17, 15) is 19.5 Å². The number of hydrogen-bond donors (Lipinski definition) is 1. The molecule has 0 spiro atoms. The van der Waals surface area contributed by atoms with Crippen LogP contribution in [-0.2, 0) is 4.79 Å². The molecular weight excluding hydrogens is 356 g/mol. The Bertz CT molecular complexity index is 881. The molecule has 6 heteroatoms. The van der Waals surface area contributed by atoms with Gasteiger partial charge in [-0.25, -0.2) is 0 Å². The van der Waals surface area contributed by atoms with Crippen molar-refractivity contribution in [3.63, 3.8) is 0 Å². The molecule has 2 amide bonds. The number of aliphatic carboxylic acids is 1. The highest BCUT2D eigenvalue weighted by Crippen LogP contribution is 2.33. The van der Waals surface area contributed by atoms with Crippen LogP contribution in [0.2, 0.25) is 0 Å². The molecule has 0 aliphatic carbocycles. The van der Waals surface area contributed by atoms with Gasteiger partial charge in [-0.05, 0) is 30.7 Å². The first-order chi connectivity index (χ1) is 13.4. The topological polar surface area (TPSA) is 77.9 Å². The van der Waals surface area contributed by atoms with Gasteiger partial charge in [-0.1, -0.05) is 36.4 Å². The Labute approximate surface area is 164 Å². The number of carbonyl (C=O) groups is 3. The fourth-order valence-electron chi connectivity index (χ4n) is 3.59. The predicted octanol–water partition coefficient (Wildman–Crippen LogP) is 2.72. The zero-order valence-corrected chi connectivity index (χ0v) is 16.0. The van der Waals surface area contributed by atoms with Crippen molar-refractivity contribution in [2.45, 2.75) is 12.8 Å². The highest BCUT2D eigenvalue weighted by Gasteiger charge is 2.40. The molecule has 1 saturated heterocycles. The number of carboxylic acid groups (broad SMARTS) is 1. The van der Waals surface area contributed by atoms with Crippen LogP contribution in [0.25, 0.3) is 0 Å². The molecule has 0 bridgehead atoms. The fourth-order valence-corrected chi connectivity index (χ4v) is 3.59. The van der Waals surface area contributed by atoms with Crippen LogP contribution in [0.4, 0.5) is 0 Å². The number of carbonyl (C=O) groups excluding carboxylic acids is 2. The summed E-state index contributed by atoms with van der Waals surface area (Å²) in [6, 6.07) is 16.0. The minimum Gasteiger partial charge on any atom is -0.481 e. The zero-order chi connectivity index (χ0) is 20.3. The van der Waals surface area contributed by atoms with Crippen molar-refractivity contribution in [1.82, 2.24) is 9.80 Å². The van der Waals surface area contributed by atoms with E-state index in [4.69, 9.17) is 0 Å². The lowest BCUT2D eigenvalue weighted by Crippen LogP contribution is -2.30.